The van der Waals surface area contributed by atoms with Crippen molar-refractivity contribution in [1.82, 2.24) is 0 Å². The number of aromatic hydroxyl groups is 1. The Labute approximate surface area is 480 Å². The Bertz CT molecular complexity index is 4540. The van der Waals surface area contributed by atoms with Gasteiger partial charge < -0.3 is 19.3 Å². The van der Waals surface area contributed by atoms with Gasteiger partial charge in [-0.1, -0.05) is 202 Å². The zero-order valence-corrected chi connectivity index (χ0v) is 47.1. The third-order valence-corrected chi connectivity index (χ3v) is 18.6. The Kier molecular flexibility index (Phi) is 12.4. The van der Waals surface area contributed by atoms with E-state index in [4.69, 9.17) is 4.42 Å². The van der Waals surface area contributed by atoms with Crippen molar-refractivity contribution < 1.29 is 9.52 Å². The molecule has 0 bridgehead atoms. The van der Waals surface area contributed by atoms with Crippen LogP contribution in [0.4, 0.5) is 34.1 Å². The number of furan rings is 1. The molecule has 0 unspecified atom stereocenters. The second-order valence-corrected chi connectivity index (χ2v) is 23.4. The maximum atomic E-state index is 13.1. The van der Waals surface area contributed by atoms with Gasteiger partial charge in [-0.25, -0.2) is 0 Å². The molecule has 0 amide bonds. The highest BCUT2D eigenvalue weighted by Gasteiger charge is 2.32. The molecule has 0 saturated heterocycles. The predicted octanol–water partition coefficient (Wildman–Crippen LogP) is 22.6. The molecule has 82 heavy (non-hydrogen) atoms. The van der Waals surface area contributed by atoms with E-state index in [0.29, 0.717) is 11.8 Å². The van der Waals surface area contributed by atoms with Crippen molar-refractivity contribution in [3.63, 3.8) is 0 Å². The van der Waals surface area contributed by atoms with Crippen LogP contribution in [-0.2, 0) is 6.42 Å². The standard InChI is InChI=1S/C78H66N2O2/c1-4-51-36-40-58(41-37-51)80(71-33-17-31-65-64-30-15-29-61(77(64)82-78(65)71)52-19-6-5-7-20-52)73-48-69(54-23-11-12-24-54)63-42-44-66-72(47-68(53-21-9-10-22-53)62-43-45-67(73)75(63)74(62)66)79(57-38-34-49(2)35-39-57)70-32-16-28-60(76(70)81)56-26-14-25-55(46-56)59-27-13-8-18-50(59)3/h5-8,13-20,25-48,53-54,81H,4,9-12,21-24H2,1-3H3. The Morgan fingerprint density at radius 2 is 0.890 bits per heavy atom. The van der Waals surface area contributed by atoms with Crippen molar-refractivity contribution in [3.8, 4) is 39.1 Å². The summed E-state index contributed by atoms with van der Waals surface area (Å²) in [5.41, 5.74) is 20.7. The molecule has 0 spiro atoms. The Hall–Kier alpha value is -9.12. The van der Waals surface area contributed by atoms with E-state index in [2.05, 4.69) is 249 Å². The fraction of sp³-hybridized carbons (Fsp3) is 0.179. The largest absolute Gasteiger partial charge is 0.505 e. The first-order valence-electron chi connectivity index (χ1n) is 29.9. The summed E-state index contributed by atoms with van der Waals surface area (Å²) in [5, 5.41) is 22.9. The van der Waals surface area contributed by atoms with Crippen LogP contribution in [0.25, 0.3) is 87.6 Å². The van der Waals surface area contributed by atoms with Crippen LogP contribution in [0.1, 0.15) is 97.9 Å². The van der Waals surface area contributed by atoms with Gasteiger partial charge in [-0.2, -0.15) is 0 Å². The molecule has 2 saturated carbocycles. The van der Waals surface area contributed by atoms with Crippen LogP contribution in [0.5, 0.6) is 5.75 Å². The SMILES string of the molecule is CCc1ccc(N(c2cc(C3CCCC3)c3ccc4c(N(c5ccc(C)cc5)c5cccc(-c6cccc(-c7ccccc7C)c6)c5O)cc(C5CCCC5)c5ccc2c3c54)c2cccc3c2oc2c(-c4ccccc4)cccc23)cc1. The molecule has 12 aromatic carbocycles. The van der Waals surface area contributed by atoms with Gasteiger partial charge in [0, 0.05) is 44.0 Å². The zero-order chi connectivity index (χ0) is 55.0. The molecule has 1 aromatic heterocycles. The number of para-hydroxylation sites is 3. The van der Waals surface area contributed by atoms with Gasteiger partial charge >= 0.3 is 0 Å². The van der Waals surface area contributed by atoms with Crippen LogP contribution < -0.4 is 9.80 Å². The van der Waals surface area contributed by atoms with E-state index in [0.717, 1.165) is 103 Å². The van der Waals surface area contributed by atoms with E-state index >= 15 is 0 Å². The number of phenolic OH excluding ortho intramolecular Hbond substituents is 1. The Morgan fingerprint density at radius 1 is 0.402 bits per heavy atom. The molecule has 1 heterocycles. The van der Waals surface area contributed by atoms with Crippen LogP contribution >= 0.6 is 0 Å². The number of nitrogens with zero attached hydrogens (tertiary/aromatic N) is 2. The molecule has 1 N–H and O–H groups in total. The average molecular weight is 1060 g/mol. The van der Waals surface area contributed by atoms with Crippen molar-refractivity contribution >= 4 is 88.4 Å². The van der Waals surface area contributed by atoms with Crippen molar-refractivity contribution in [3.05, 3.63) is 246 Å². The number of fused-ring (bicyclic) bond motifs is 3. The molecule has 0 aliphatic heterocycles. The molecular formula is C78H66N2O2. The lowest BCUT2D eigenvalue weighted by Crippen LogP contribution is -2.14. The van der Waals surface area contributed by atoms with E-state index < -0.39 is 0 Å². The van der Waals surface area contributed by atoms with E-state index in [1.54, 1.807) is 0 Å². The molecule has 13 aromatic rings. The highest BCUT2D eigenvalue weighted by atomic mass is 16.3. The normalized spacial score (nSPS) is 14.1. The highest BCUT2D eigenvalue weighted by Crippen LogP contribution is 2.55. The molecule has 0 atom stereocenters. The summed E-state index contributed by atoms with van der Waals surface area (Å²) < 4.78 is 7.31. The second-order valence-electron chi connectivity index (χ2n) is 23.4. The molecular weight excluding hydrogens is 997 g/mol. The van der Waals surface area contributed by atoms with Crippen LogP contribution in [0.3, 0.4) is 0 Å². The summed E-state index contributed by atoms with van der Waals surface area (Å²) in [6.45, 7) is 6.55. The van der Waals surface area contributed by atoms with Crippen LogP contribution in [0.2, 0.25) is 0 Å². The maximum Gasteiger partial charge on any atom is 0.159 e. The van der Waals surface area contributed by atoms with Crippen molar-refractivity contribution in [2.75, 3.05) is 9.80 Å². The number of hydrogen-bond donors (Lipinski definition) is 1. The number of phenols is 1. The summed E-state index contributed by atoms with van der Waals surface area (Å²) in [6.07, 6.45) is 10.5. The highest BCUT2D eigenvalue weighted by molar-refractivity contribution is 6.30. The van der Waals surface area contributed by atoms with Gasteiger partial charge in [0.2, 0.25) is 0 Å². The first-order valence-corrected chi connectivity index (χ1v) is 29.9. The summed E-state index contributed by atoms with van der Waals surface area (Å²) in [4.78, 5) is 4.88. The monoisotopic (exact) mass is 1060 g/mol. The summed E-state index contributed by atoms with van der Waals surface area (Å²) in [6, 6.07) is 80.4. The van der Waals surface area contributed by atoms with E-state index in [-0.39, 0.29) is 5.75 Å². The maximum absolute atomic E-state index is 13.1. The van der Waals surface area contributed by atoms with Gasteiger partial charge in [0.15, 0.2) is 5.58 Å². The van der Waals surface area contributed by atoms with Crippen LogP contribution in [-0.4, -0.2) is 5.11 Å². The molecule has 2 aliphatic carbocycles. The molecule has 400 valence electrons. The third-order valence-electron chi connectivity index (χ3n) is 18.6. The molecule has 4 nitrogen and oxygen atoms in total. The lowest BCUT2D eigenvalue weighted by Gasteiger charge is -2.32. The van der Waals surface area contributed by atoms with Gasteiger partial charge in [-0.05, 0) is 178 Å². The van der Waals surface area contributed by atoms with E-state index in [1.165, 1.54) is 104 Å². The third kappa shape index (κ3) is 8.33. The number of hydrogen-bond acceptors (Lipinski definition) is 4. The minimum absolute atomic E-state index is 0.254. The molecule has 4 heteroatoms. The number of aryl methyl sites for hydroxylation is 3. The molecule has 2 fully saturated rings. The zero-order valence-electron chi connectivity index (χ0n) is 47.1. The molecule has 15 rings (SSSR count). The summed E-state index contributed by atoms with van der Waals surface area (Å²) >= 11 is 0. The smallest absolute Gasteiger partial charge is 0.159 e. The van der Waals surface area contributed by atoms with Gasteiger partial charge in [-0.15, -0.1) is 0 Å². The quantitative estimate of drug-likeness (QED) is 0.124. The summed E-state index contributed by atoms with van der Waals surface area (Å²) in [7, 11) is 0. The summed E-state index contributed by atoms with van der Waals surface area (Å²) in [5.74, 6) is 1.08. The van der Waals surface area contributed by atoms with Crippen molar-refractivity contribution in [2.45, 2.75) is 90.4 Å². The van der Waals surface area contributed by atoms with Crippen molar-refractivity contribution in [2.24, 2.45) is 0 Å². The van der Waals surface area contributed by atoms with E-state index in [9.17, 15) is 5.11 Å². The van der Waals surface area contributed by atoms with Gasteiger partial charge in [0.05, 0.1) is 22.7 Å². The van der Waals surface area contributed by atoms with Crippen molar-refractivity contribution in [1.29, 1.82) is 0 Å². The molecule has 0 radical (unpaired) electrons. The Morgan fingerprint density at radius 3 is 1.52 bits per heavy atom. The van der Waals surface area contributed by atoms with Gasteiger partial charge in [0.25, 0.3) is 0 Å². The second kappa shape index (κ2) is 20.5. The number of rotatable bonds is 12. The molecule has 2 aliphatic rings. The Balaban J connectivity index is 1.01. The fourth-order valence-corrected chi connectivity index (χ4v) is 14.4. The average Bonchev–Trinajstić information content (AvgIpc) is 4.23. The lowest BCUT2D eigenvalue weighted by atomic mass is 9.82. The lowest BCUT2D eigenvalue weighted by molar-refractivity contribution is 0.478. The van der Waals surface area contributed by atoms with Gasteiger partial charge in [0.1, 0.15) is 11.3 Å². The van der Waals surface area contributed by atoms with Crippen LogP contribution in [0.15, 0.2) is 223 Å². The van der Waals surface area contributed by atoms with E-state index in [1.807, 2.05) is 0 Å². The first-order chi connectivity index (χ1) is 40.4. The first kappa shape index (κ1) is 49.9. The number of anilines is 6. The predicted molar refractivity (Wildman–Crippen MR) is 346 cm³/mol. The number of benzene rings is 12. The fourth-order valence-electron chi connectivity index (χ4n) is 14.4. The van der Waals surface area contributed by atoms with Crippen LogP contribution in [0, 0.1) is 13.8 Å². The van der Waals surface area contributed by atoms with Gasteiger partial charge in [-0.3, -0.25) is 0 Å². The minimum atomic E-state index is 0.254. The minimum Gasteiger partial charge on any atom is -0.505 e. The topological polar surface area (TPSA) is 39.9 Å².